The Morgan fingerprint density at radius 3 is 2.55 bits per heavy atom. The Balaban J connectivity index is 1.56. The molecule has 0 radical (unpaired) electrons. The summed E-state index contributed by atoms with van der Waals surface area (Å²) in [5.74, 6) is 0.577. The van der Waals surface area contributed by atoms with Crippen LogP contribution in [-0.2, 0) is 14.3 Å². The number of imide groups is 1. The number of benzene rings is 1. The first-order valence-corrected chi connectivity index (χ1v) is 7.53. The van der Waals surface area contributed by atoms with Crippen molar-refractivity contribution in [2.24, 2.45) is 0 Å². The average molecular weight is 304 g/mol. The van der Waals surface area contributed by atoms with Crippen molar-refractivity contribution in [2.45, 2.75) is 31.3 Å². The molecule has 2 aliphatic rings. The van der Waals surface area contributed by atoms with Gasteiger partial charge in [-0.05, 0) is 37.1 Å². The van der Waals surface area contributed by atoms with Crippen LogP contribution in [0.5, 0.6) is 5.75 Å². The number of likely N-dealkylation sites (tertiary alicyclic amines) is 1. The molecule has 1 aliphatic heterocycles. The van der Waals surface area contributed by atoms with Crippen LogP contribution in [0, 0.1) is 0 Å². The Bertz CT molecular complexity index is 554. The predicted octanol–water partition coefficient (Wildman–Crippen LogP) is 1.41. The van der Waals surface area contributed by atoms with Crippen LogP contribution < -0.4 is 10.1 Å². The van der Waals surface area contributed by atoms with Crippen LogP contribution in [0.25, 0.3) is 0 Å². The monoisotopic (exact) mass is 304 g/mol. The maximum absolute atomic E-state index is 12.2. The third-order valence-corrected chi connectivity index (χ3v) is 3.85. The number of amides is 2. The highest BCUT2D eigenvalue weighted by Gasteiger charge is 2.46. The average Bonchev–Trinajstić information content (AvgIpc) is 3.29. The molecule has 1 saturated heterocycles. The van der Waals surface area contributed by atoms with Gasteiger partial charge in [0.25, 0.3) is 5.91 Å². The zero-order chi connectivity index (χ0) is 15.5. The molecule has 0 spiro atoms. The molecule has 1 heterocycles. The van der Waals surface area contributed by atoms with E-state index in [1.54, 1.807) is 7.11 Å². The van der Waals surface area contributed by atoms with E-state index in [0.717, 1.165) is 24.3 Å². The molecule has 118 valence electrons. The molecule has 0 aromatic heterocycles. The second kappa shape index (κ2) is 6.36. The summed E-state index contributed by atoms with van der Waals surface area (Å²) in [7, 11) is 1.63. The fourth-order valence-corrected chi connectivity index (χ4v) is 2.57. The quantitative estimate of drug-likeness (QED) is 0.609. The molecule has 1 atom stereocenters. The number of nitrogens with zero attached hydrogens (tertiary/aromatic N) is 1. The van der Waals surface area contributed by atoms with Gasteiger partial charge in [-0.2, -0.15) is 0 Å². The second-order valence-corrected chi connectivity index (χ2v) is 5.60. The number of carbonyl (C=O) groups is 2. The van der Waals surface area contributed by atoms with Gasteiger partial charge in [0.05, 0.1) is 13.0 Å². The first kappa shape index (κ1) is 14.8. The molecule has 1 saturated carbocycles. The van der Waals surface area contributed by atoms with Crippen LogP contribution in [0.4, 0.5) is 5.69 Å². The lowest BCUT2D eigenvalue weighted by Crippen LogP contribution is -2.36. The topological polar surface area (TPSA) is 67.9 Å². The number of hydrogen-bond acceptors (Lipinski definition) is 5. The summed E-state index contributed by atoms with van der Waals surface area (Å²) in [6, 6.07) is 7.05. The van der Waals surface area contributed by atoms with E-state index in [2.05, 4.69) is 5.32 Å². The van der Waals surface area contributed by atoms with E-state index >= 15 is 0 Å². The molecule has 6 nitrogen and oxygen atoms in total. The fourth-order valence-electron chi connectivity index (χ4n) is 2.57. The zero-order valence-corrected chi connectivity index (χ0v) is 12.6. The lowest BCUT2D eigenvalue weighted by atomic mass is 10.2. The smallest absolute Gasteiger partial charge is 0.252 e. The Hall–Kier alpha value is -2.08. The molecule has 1 aromatic carbocycles. The first-order valence-electron chi connectivity index (χ1n) is 7.53. The SMILES string of the molecule is COCCOc1ccc(N[C@H]2CC(=O)N(C3CC3)C2=O)cc1. The molecule has 0 bridgehead atoms. The van der Waals surface area contributed by atoms with Gasteiger partial charge in [0.2, 0.25) is 5.91 Å². The Labute approximate surface area is 129 Å². The van der Waals surface area contributed by atoms with Gasteiger partial charge in [0, 0.05) is 18.8 Å². The predicted molar refractivity (Wildman–Crippen MR) is 80.7 cm³/mol. The minimum Gasteiger partial charge on any atom is -0.491 e. The lowest BCUT2D eigenvalue weighted by molar-refractivity contribution is -0.139. The maximum Gasteiger partial charge on any atom is 0.252 e. The van der Waals surface area contributed by atoms with Gasteiger partial charge in [-0.1, -0.05) is 0 Å². The molecule has 22 heavy (non-hydrogen) atoms. The highest BCUT2D eigenvalue weighted by molar-refractivity contribution is 6.07. The van der Waals surface area contributed by atoms with Crippen LogP contribution in [0.2, 0.25) is 0 Å². The molecule has 1 aliphatic carbocycles. The van der Waals surface area contributed by atoms with Crippen molar-refractivity contribution in [3.63, 3.8) is 0 Å². The minimum absolute atomic E-state index is 0.0653. The lowest BCUT2D eigenvalue weighted by Gasteiger charge is -2.15. The number of anilines is 1. The molecule has 1 aromatic rings. The van der Waals surface area contributed by atoms with Gasteiger partial charge >= 0.3 is 0 Å². The Kier molecular flexibility index (Phi) is 4.29. The standard InChI is InChI=1S/C16H20N2O4/c1-21-8-9-22-13-6-2-11(3-7-13)17-14-10-15(19)18(16(14)20)12-4-5-12/h2-3,6-7,12,14,17H,4-5,8-10H2,1H3/t14-/m0/s1. The molecule has 3 rings (SSSR count). The second-order valence-electron chi connectivity index (χ2n) is 5.60. The maximum atomic E-state index is 12.2. The van der Waals surface area contributed by atoms with E-state index in [-0.39, 0.29) is 24.3 Å². The van der Waals surface area contributed by atoms with Gasteiger partial charge in [0.15, 0.2) is 0 Å². The third kappa shape index (κ3) is 3.22. The van der Waals surface area contributed by atoms with Gasteiger partial charge in [-0.15, -0.1) is 0 Å². The van der Waals surface area contributed by atoms with Gasteiger partial charge < -0.3 is 14.8 Å². The summed E-state index contributed by atoms with van der Waals surface area (Å²) >= 11 is 0. The largest absolute Gasteiger partial charge is 0.491 e. The van der Waals surface area contributed by atoms with Crippen LogP contribution in [0.15, 0.2) is 24.3 Å². The zero-order valence-electron chi connectivity index (χ0n) is 12.6. The summed E-state index contributed by atoms with van der Waals surface area (Å²) < 4.78 is 10.4. The summed E-state index contributed by atoms with van der Waals surface area (Å²) in [5.41, 5.74) is 0.808. The Morgan fingerprint density at radius 2 is 1.91 bits per heavy atom. The number of nitrogens with one attached hydrogen (secondary N) is 1. The van der Waals surface area contributed by atoms with E-state index in [9.17, 15) is 9.59 Å². The normalized spacial score (nSPS) is 21.3. The summed E-state index contributed by atoms with van der Waals surface area (Å²) in [4.78, 5) is 25.6. The highest BCUT2D eigenvalue weighted by Crippen LogP contribution is 2.32. The molecular formula is C16H20N2O4. The van der Waals surface area contributed by atoms with Crippen molar-refractivity contribution in [1.29, 1.82) is 0 Å². The summed E-state index contributed by atoms with van der Waals surface area (Å²) in [6.45, 7) is 1.03. The van der Waals surface area contributed by atoms with Gasteiger partial charge in [0.1, 0.15) is 18.4 Å². The van der Waals surface area contributed by atoms with E-state index < -0.39 is 6.04 Å². The van der Waals surface area contributed by atoms with Crippen LogP contribution in [0.3, 0.4) is 0 Å². The number of ether oxygens (including phenoxy) is 2. The Morgan fingerprint density at radius 1 is 1.18 bits per heavy atom. The van der Waals surface area contributed by atoms with Crippen molar-refractivity contribution in [3.05, 3.63) is 24.3 Å². The number of rotatable bonds is 7. The van der Waals surface area contributed by atoms with E-state index in [1.165, 1.54) is 4.90 Å². The molecule has 1 N–H and O–H groups in total. The number of carbonyl (C=O) groups excluding carboxylic acids is 2. The van der Waals surface area contributed by atoms with E-state index in [4.69, 9.17) is 9.47 Å². The minimum atomic E-state index is -0.451. The van der Waals surface area contributed by atoms with Crippen molar-refractivity contribution in [2.75, 3.05) is 25.6 Å². The van der Waals surface area contributed by atoms with Crippen LogP contribution in [0.1, 0.15) is 19.3 Å². The van der Waals surface area contributed by atoms with Crippen molar-refractivity contribution >= 4 is 17.5 Å². The van der Waals surface area contributed by atoms with Crippen molar-refractivity contribution in [3.8, 4) is 5.75 Å². The molecule has 6 heteroatoms. The van der Waals surface area contributed by atoms with Crippen LogP contribution >= 0.6 is 0 Å². The first-order chi connectivity index (χ1) is 10.7. The van der Waals surface area contributed by atoms with Gasteiger partial charge in [-0.3, -0.25) is 14.5 Å². The fraction of sp³-hybridized carbons (Fsp3) is 0.500. The van der Waals surface area contributed by atoms with Crippen LogP contribution in [-0.4, -0.2) is 49.1 Å². The molecule has 2 amide bonds. The highest BCUT2D eigenvalue weighted by atomic mass is 16.5. The van der Waals surface area contributed by atoms with E-state index in [0.29, 0.717) is 13.2 Å². The third-order valence-electron chi connectivity index (χ3n) is 3.85. The summed E-state index contributed by atoms with van der Waals surface area (Å²) in [5, 5.41) is 3.14. The van der Waals surface area contributed by atoms with Crippen molar-refractivity contribution in [1.82, 2.24) is 4.90 Å². The summed E-state index contributed by atoms with van der Waals surface area (Å²) in [6.07, 6.45) is 2.12. The molecule has 0 unspecified atom stereocenters. The number of methoxy groups -OCH3 is 1. The molecule has 2 fully saturated rings. The van der Waals surface area contributed by atoms with Gasteiger partial charge in [-0.25, -0.2) is 0 Å². The van der Waals surface area contributed by atoms with Crippen molar-refractivity contribution < 1.29 is 19.1 Å². The van der Waals surface area contributed by atoms with E-state index in [1.807, 2.05) is 24.3 Å². The molecular weight excluding hydrogens is 284 g/mol. The number of hydrogen-bond donors (Lipinski definition) is 1.